The summed E-state index contributed by atoms with van der Waals surface area (Å²) in [6.45, 7) is 7.76. The molecule has 2 rings (SSSR count). The summed E-state index contributed by atoms with van der Waals surface area (Å²) >= 11 is 0. The Hall–Kier alpha value is -1.06. The lowest BCUT2D eigenvalue weighted by Gasteiger charge is -2.29. The lowest BCUT2D eigenvalue weighted by Crippen LogP contribution is -2.45. The maximum Gasteiger partial charge on any atom is 0.410 e. The summed E-state index contributed by atoms with van der Waals surface area (Å²) in [5.41, 5.74) is -0.495. The fourth-order valence-electron chi connectivity index (χ4n) is 2.49. The predicted molar refractivity (Wildman–Crippen MR) is 59.0 cm³/mol. The van der Waals surface area contributed by atoms with Crippen LogP contribution in [0.1, 0.15) is 34.1 Å². The maximum atomic E-state index is 11.9. The number of fused-ring (bicyclic) bond motifs is 1. The van der Waals surface area contributed by atoms with Crippen LogP contribution in [0.2, 0.25) is 0 Å². The first-order valence-electron chi connectivity index (χ1n) is 5.79. The highest BCUT2D eigenvalue weighted by Gasteiger charge is 2.56. The number of ether oxygens (including phenoxy) is 1. The predicted octanol–water partition coefficient (Wildman–Crippen LogP) is 1.83. The molecule has 4 nitrogen and oxygen atoms in total. The van der Waals surface area contributed by atoms with Crippen molar-refractivity contribution in [2.45, 2.75) is 45.8 Å². The van der Waals surface area contributed by atoms with E-state index in [0.29, 0.717) is 18.4 Å². The minimum absolute atomic E-state index is 0.0795. The van der Waals surface area contributed by atoms with E-state index in [2.05, 4.69) is 0 Å². The van der Waals surface area contributed by atoms with Gasteiger partial charge in [-0.25, -0.2) is 4.79 Å². The topological polar surface area (TPSA) is 46.6 Å². The van der Waals surface area contributed by atoms with E-state index in [1.807, 2.05) is 20.8 Å². The van der Waals surface area contributed by atoms with Crippen LogP contribution in [-0.4, -0.2) is 35.0 Å². The number of ketones is 1. The van der Waals surface area contributed by atoms with E-state index < -0.39 is 5.60 Å². The van der Waals surface area contributed by atoms with Gasteiger partial charge in [-0.1, -0.05) is 0 Å². The molecule has 4 heteroatoms. The summed E-state index contributed by atoms with van der Waals surface area (Å²) < 4.78 is 5.31. The van der Waals surface area contributed by atoms with Crippen molar-refractivity contribution in [1.82, 2.24) is 4.90 Å². The van der Waals surface area contributed by atoms with Crippen LogP contribution in [0.4, 0.5) is 4.79 Å². The molecule has 1 saturated heterocycles. The molecule has 0 aromatic carbocycles. The number of hydrogen-bond acceptors (Lipinski definition) is 3. The quantitative estimate of drug-likeness (QED) is 0.684. The lowest BCUT2D eigenvalue weighted by atomic mass is 10.1. The molecule has 0 aromatic heterocycles. The van der Waals surface area contributed by atoms with E-state index in [4.69, 9.17) is 4.74 Å². The maximum absolute atomic E-state index is 11.9. The SMILES string of the molecule is CC(=O)C1[C@@H]2CC2CN1C(=O)OC(C)(C)C. The largest absolute Gasteiger partial charge is 0.444 e. The number of likely N-dealkylation sites (tertiary alicyclic amines) is 1. The Morgan fingerprint density at radius 3 is 2.44 bits per heavy atom. The molecule has 2 aliphatic rings. The van der Waals surface area contributed by atoms with Gasteiger partial charge in [0.25, 0.3) is 0 Å². The Bertz CT molecular complexity index is 332. The third kappa shape index (κ3) is 2.06. The number of rotatable bonds is 1. The molecule has 1 heterocycles. The molecule has 1 saturated carbocycles. The third-order valence-corrected chi connectivity index (χ3v) is 3.19. The highest BCUT2D eigenvalue weighted by atomic mass is 16.6. The van der Waals surface area contributed by atoms with Gasteiger partial charge in [-0.05, 0) is 46.0 Å². The highest BCUT2D eigenvalue weighted by molar-refractivity contribution is 5.87. The molecule has 0 spiro atoms. The van der Waals surface area contributed by atoms with Gasteiger partial charge in [-0.15, -0.1) is 0 Å². The molecule has 1 amide bonds. The summed E-state index contributed by atoms with van der Waals surface area (Å²) in [4.78, 5) is 25.0. The average Bonchev–Trinajstić information content (AvgIpc) is 2.73. The van der Waals surface area contributed by atoms with Gasteiger partial charge in [0.15, 0.2) is 5.78 Å². The van der Waals surface area contributed by atoms with Gasteiger partial charge in [0.1, 0.15) is 5.60 Å². The lowest BCUT2D eigenvalue weighted by molar-refractivity contribution is -0.122. The Balaban J connectivity index is 2.04. The summed E-state index contributed by atoms with van der Waals surface area (Å²) in [6.07, 6.45) is 0.740. The first-order valence-corrected chi connectivity index (χ1v) is 5.79. The van der Waals surface area contributed by atoms with Gasteiger partial charge < -0.3 is 4.74 Å². The fourth-order valence-corrected chi connectivity index (χ4v) is 2.49. The van der Waals surface area contributed by atoms with Gasteiger partial charge >= 0.3 is 6.09 Å². The smallest absolute Gasteiger partial charge is 0.410 e. The zero-order valence-electron chi connectivity index (χ0n) is 10.3. The first-order chi connectivity index (χ1) is 7.29. The number of Topliss-reactive ketones (excluding diaryl/α,β-unsaturated/α-hetero) is 1. The average molecular weight is 225 g/mol. The van der Waals surface area contributed by atoms with Crippen LogP contribution >= 0.6 is 0 Å². The standard InChI is InChI=1S/C12H19NO3/c1-7(14)10-9-5-8(9)6-13(10)11(15)16-12(2,3)4/h8-10H,5-6H2,1-4H3/t8?,9-,10?/m1/s1. The minimum Gasteiger partial charge on any atom is -0.444 e. The number of nitrogens with zero attached hydrogens (tertiary/aromatic N) is 1. The Morgan fingerprint density at radius 1 is 1.31 bits per heavy atom. The molecular weight excluding hydrogens is 206 g/mol. The molecule has 1 aliphatic heterocycles. The van der Waals surface area contributed by atoms with E-state index in [1.54, 1.807) is 11.8 Å². The fraction of sp³-hybridized carbons (Fsp3) is 0.833. The molecule has 1 aliphatic carbocycles. The molecule has 16 heavy (non-hydrogen) atoms. The van der Waals surface area contributed by atoms with Crippen molar-refractivity contribution in [3.63, 3.8) is 0 Å². The number of piperidine rings is 1. The molecule has 0 radical (unpaired) electrons. The second kappa shape index (κ2) is 3.47. The minimum atomic E-state index is -0.495. The Labute approximate surface area is 95.9 Å². The van der Waals surface area contributed by atoms with Crippen molar-refractivity contribution in [2.75, 3.05) is 6.54 Å². The molecular formula is C12H19NO3. The van der Waals surface area contributed by atoms with Crippen molar-refractivity contribution in [3.05, 3.63) is 0 Å². The van der Waals surface area contributed by atoms with Crippen LogP contribution in [0.25, 0.3) is 0 Å². The van der Waals surface area contributed by atoms with Gasteiger partial charge in [-0.2, -0.15) is 0 Å². The number of amides is 1. The van der Waals surface area contributed by atoms with E-state index in [1.165, 1.54) is 0 Å². The highest BCUT2D eigenvalue weighted by Crippen LogP contribution is 2.50. The van der Waals surface area contributed by atoms with Crippen LogP contribution in [-0.2, 0) is 9.53 Å². The van der Waals surface area contributed by atoms with E-state index in [9.17, 15) is 9.59 Å². The number of hydrogen-bond donors (Lipinski definition) is 0. The Morgan fingerprint density at radius 2 is 1.94 bits per heavy atom. The van der Waals surface area contributed by atoms with Crippen molar-refractivity contribution < 1.29 is 14.3 Å². The van der Waals surface area contributed by atoms with Crippen molar-refractivity contribution >= 4 is 11.9 Å². The van der Waals surface area contributed by atoms with E-state index in [-0.39, 0.29) is 17.9 Å². The number of carbonyl (C=O) groups excluding carboxylic acids is 2. The molecule has 0 N–H and O–H groups in total. The van der Waals surface area contributed by atoms with Crippen molar-refractivity contribution in [1.29, 1.82) is 0 Å². The van der Waals surface area contributed by atoms with Crippen LogP contribution in [0.3, 0.4) is 0 Å². The van der Waals surface area contributed by atoms with Gasteiger partial charge in [0.2, 0.25) is 0 Å². The van der Waals surface area contributed by atoms with Gasteiger partial charge in [0, 0.05) is 6.54 Å². The van der Waals surface area contributed by atoms with Gasteiger partial charge in [-0.3, -0.25) is 9.69 Å². The molecule has 0 bridgehead atoms. The molecule has 2 fully saturated rings. The van der Waals surface area contributed by atoms with E-state index >= 15 is 0 Å². The molecule has 2 unspecified atom stereocenters. The molecule has 3 atom stereocenters. The third-order valence-electron chi connectivity index (χ3n) is 3.19. The zero-order chi connectivity index (χ0) is 12.1. The second-order valence-corrected chi connectivity index (χ2v) is 5.85. The van der Waals surface area contributed by atoms with Crippen LogP contribution in [0, 0.1) is 11.8 Å². The van der Waals surface area contributed by atoms with Gasteiger partial charge in [0.05, 0.1) is 6.04 Å². The molecule has 90 valence electrons. The number of carbonyl (C=O) groups is 2. The first kappa shape index (κ1) is 11.4. The van der Waals surface area contributed by atoms with Crippen LogP contribution in [0.5, 0.6) is 0 Å². The van der Waals surface area contributed by atoms with Crippen LogP contribution in [0.15, 0.2) is 0 Å². The monoisotopic (exact) mass is 225 g/mol. The summed E-state index contributed by atoms with van der Waals surface area (Å²) in [7, 11) is 0. The summed E-state index contributed by atoms with van der Waals surface area (Å²) in [5.74, 6) is 1.00. The van der Waals surface area contributed by atoms with Crippen molar-refractivity contribution in [2.24, 2.45) is 11.8 Å². The summed E-state index contributed by atoms with van der Waals surface area (Å²) in [5, 5.41) is 0. The Kier molecular flexibility index (Phi) is 2.48. The summed E-state index contributed by atoms with van der Waals surface area (Å²) in [6, 6.07) is -0.236. The zero-order valence-corrected chi connectivity index (χ0v) is 10.3. The normalized spacial score (nSPS) is 32.2. The van der Waals surface area contributed by atoms with E-state index in [0.717, 1.165) is 6.42 Å². The second-order valence-electron chi connectivity index (χ2n) is 5.85. The van der Waals surface area contributed by atoms with Crippen LogP contribution < -0.4 is 0 Å². The molecule has 0 aromatic rings. The van der Waals surface area contributed by atoms with Crippen molar-refractivity contribution in [3.8, 4) is 0 Å².